The van der Waals surface area contributed by atoms with Gasteiger partial charge in [-0.1, -0.05) is 115 Å². The Labute approximate surface area is 331 Å². The summed E-state index contributed by atoms with van der Waals surface area (Å²) in [4.78, 5) is 16.2. The lowest BCUT2D eigenvalue weighted by molar-refractivity contribution is 1.07. The minimum Gasteiger partial charge on any atom is -0.309 e. The minimum absolute atomic E-state index is 0.621. The van der Waals surface area contributed by atoms with Crippen molar-refractivity contribution in [1.82, 2.24) is 24.1 Å². The van der Waals surface area contributed by atoms with Gasteiger partial charge in [0.15, 0.2) is 17.5 Å². The predicted molar refractivity (Wildman–Crippen MR) is 238 cm³/mol. The summed E-state index contributed by atoms with van der Waals surface area (Å²) in [6, 6.07) is 66.6. The van der Waals surface area contributed by atoms with E-state index in [1.807, 2.05) is 11.3 Å². The van der Waals surface area contributed by atoms with Gasteiger partial charge in [-0.05, 0) is 72.8 Å². The van der Waals surface area contributed by atoms with Crippen LogP contribution in [0, 0.1) is 0 Å². The molecule has 57 heavy (non-hydrogen) atoms. The molecule has 0 radical (unpaired) electrons. The lowest BCUT2D eigenvalue weighted by atomic mass is 10.1. The van der Waals surface area contributed by atoms with Gasteiger partial charge >= 0.3 is 0 Å². The van der Waals surface area contributed by atoms with E-state index in [0.717, 1.165) is 60.9 Å². The Morgan fingerprint density at radius 3 is 1.37 bits per heavy atom. The average Bonchev–Trinajstić information content (AvgIpc) is 3.94. The summed E-state index contributed by atoms with van der Waals surface area (Å²) >= 11 is 1.81. The van der Waals surface area contributed by atoms with E-state index in [0.29, 0.717) is 17.5 Å². The predicted octanol–water partition coefficient (Wildman–Crippen LogP) is 13.4. The second-order valence-corrected chi connectivity index (χ2v) is 15.5. The number of nitrogens with zero attached hydrogens (tertiary/aromatic N) is 5. The highest BCUT2D eigenvalue weighted by Gasteiger charge is 2.23. The Morgan fingerprint density at radius 2 is 0.789 bits per heavy atom. The van der Waals surface area contributed by atoms with Crippen LogP contribution in [0.5, 0.6) is 0 Å². The minimum atomic E-state index is 0.621. The molecule has 0 bridgehead atoms. The van der Waals surface area contributed by atoms with Crippen molar-refractivity contribution in [2.75, 3.05) is 0 Å². The molecule has 266 valence electrons. The molecular formula is C51H31N5S. The molecule has 0 aliphatic heterocycles. The Morgan fingerprint density at radius 1 is 0.333 bits per heavy atom. The number of aromatic nitrogens is 5. The number of fused-ring (bicyclic) bond motifs is 9. The average molecular weight is 746 g/mol. The van der Waals surface area contributed by atoms with E-state index in [2.05, 4.69) is 197 Å². The van der Waals surface area contributed by atoms with Gasteiger partial charge in [0.2, 0.25) is 0 Å². The SMILES string of the molecule is c1ccc(-n2c3ccccc3c3cccc(-c4nc(-c5ccc6sc7ccccc7c6c5)nc(-c5cccc6c7ccccc7n(-c7ccccc7)c56)n4)c32)cc1. The first-order valence-electron chi connectivity index (χ1n) is 19.1. The molecule has 4 heterocycles. The van der Waals surface area contributed by atoms with Crippen LogP contribution < -0.4 is 0 Å². The fraction of sp³-hybridized carbons (Fsp3) is 0. The normalized spacial score (nSPS) is 11.9. The van der Waals surface area contributed by atoms with Crippen LogP contribution in [0.2, 0.25) is 0 Å². The van der Waals surface area contributed by atoms with Crippen LogP contribution in [-0.4, -0.2) is 24.1 Å². The Balaban J connectivity index is 1.19. The number of rotatable bonds is 5. The number of para-hydroxylation sites is 6. The summed E-state index contributed by atoms with van der Waals surface area (Å²) in [5.41, 5.74) is 9.37. The Kier molecular flexibility index (Phi) is 7.03. The smallest absolute Gasteiger partial charge is 0.166 e. The lowest BCUT2D eigenvalue weighted by Crippen LogP contribution is -2.03. The van der Waals surface area contributed by atoms with Gasteiger partial charge in [0.1, 0.15) is 0 Å². The molecule has 0 aliphatic carbocycles. The van der Waals surface area contributed by atoms with Crippen LogP contribution >= 0.6 is 11.3 Å². The van der Waals surface area contributed by atoms with Crippen molar-refractivity contribution in [2.45, 2.75) is 0 Å². The highest BCUT2D eigenvalue weighted by Crippen LogP contribution is 2.41. The van der Waals surface area contributed by atoms with E-state index in [9.17, 15) is 0 Å². The summed E-state index contributed by atoms with van der Waals surface area (Å²) in [6.07, 6.45) is 0. The zero-order chi connectivity index (χ0) is 37.5. The van der Waals surface area contributed by atoms with Crippen LogP contribution in [0.3, 0.4) is 0 Å². The van der Waals surface area contributed by atoms with Gasteiger partial charge in [-0.3, -0.25) is 0 Å². The van der Waals surface area contributed by atoms with E-state index in [-0.39, 0.29) is 0 Å². The first-order chi connectivity index (χ1) is 28.3. The molecule has 0 saturated carbocycles. The van der Waals surface area contributed by atoms with Crippen LogP contribution in [0.4, 0.5) is 0 Å². The molecule has 12 aromatic rings. The highest BCUT2D eigenvalue weighted by molar-refractivity contribution is 7.25. The summed E-state index contributed by atoms with van der Waals surface area (Å²) in [5.74, 6) is 1.87. The molecule has 4 aromatic heterocycles. The maximum absolute atomic E-state index is 5.47. The largest absolute Gasteiger partial charge is 0.309 e. The summed E-state index contributed by atoms with van der Waals surface area (Å²) in [6.45, 7) is 0. The summed E-state index contributed by atoms with van der Waals surface area (Å²) < 4.78 is 7.20. The molecule has 6 heteroatoms. The van der Waals surface area contributed by atoms with Crippen molar-refractivity contribution in [3.63, 3.8) is 0 Å². The molecule has 0 atom stereocenters. The van der Waals surface area contributed by atoms with Crippen molar-refractivity contribution >= 4 is 75.1 Å². The molecule has 0 fully saturated rings. The number of thiophene rings is 1. The molecule has 12 rings (SSSR count). The third-order valence-corrected chi connectivity index (χ3v) is 12.3. The van der Waals surface area contributed by atoms with Crippen LogP contribution in [-0.2, 0) is 0 Å². The number of benzene rings is 8. The quantitative estimate of drug-likeness (QED) is 0.176. The molecule has 0 aliphatic rings. The van der Waals surface area contributed by atoms with Gasteiger partial charge in [0.25, 0.3) is 0 Å². The number of hydrogen-bond donors (Lipinski definition) is 0. The first kappa shape index (κ1) is 31.9. The Hall–Kier alpha value is -7.41. The van der Waals surface area contributed by atoms with Gasteiger partial charge < -0.3 is 9.13 Å². The van der Waals surface area contributed by atoms with Crippen molar-refractivity contribution in [3.05, 3.63) is 188 Å². The summed E-state index contributed by atoms with van der Waals surface area (Å²) in [5, 5.41) is 7.09. The highest BCUT2D eigenvalue weighted by atomic mass is 32.1. The van der Waals surface area contributed by atoms with E-state index in [1.54, 1.807) is 0 Å². The summed E-state index contributed by atoms with van der Waals surface area (Å²) in [7, 11) is 0. The van der Waals surface area contributed by atoms with Gasteiger partial charge in [0.05, 0.1) is 22.1 Å². The molecule has 0 N–H and O–H groups in total. The van der Waals surface area contributed by atoms with Crippen LogP contribution in [0.1, 0.15) is 0 Å². The zero-order valence-electron chi connectivity index (χ0n) is 30.5. The Bertz CT molecular complexity index is 3350. The molecular weight excluding hydrogens is 715 g/mol. The second kappa shape index (κ2) is 12.6. The maximum atomic E-state index is 5.47. The van der Waals surface area contributed by atoms with Gasteiger partial charge in [0, 0.05) is 69.8 Å². The maximum Gasteiger partial charge on any atom is 0.166 e. The van der Waals surface area contributed by atoms with Crippen molar-refractivity contribution < 1.29 is 0 Å². The van der Waals surface area contributed by atoms with Gasteiger partial charge in [-0.2, -0.15) is 0 Å². The standard InChI is InChI=1S/C51H31N5S/c1-3-15-33(16-4-1)55-43-26-10-7-19-35(43)38-22-13-24-40(47(38)55)50-52-49(32-29-30-46-42(31-32)37-21-9-12-28-45(37)57-46)53-51(54-50)41-25-14-23-39-36-20-8-11-27-44(36)56(48(39)41)34-17-5-2-6-18-34/h1-31H. The van der Waals surface area contributed by atoms with Crippen molar-refractivity contribution in [2.24, 2.45) is 0 Å². The van der Waals surface area contributed by atoms with E-state index in [1.165, 1.54) is 30.9 Å². The molecule has 8 aromatic carbocycles. The van der Waals surface area contributed by atoms with Gasteiger partial charge in [-0.15, -0.1) is 11.3 Å². The topological polar surface area (TPSA) is 48.5 Å². The zero-order valence-corrected chi connectivity index (χ0v) is 31.4. The third-order valence-electron chi connectivity index (χ3n) is 11.2. The molecule has 0 spiro atoms. The molecule has 5 nitrogen and oxygen atoms in total. The van der Waals surface area contributed by atoms with Crippen molar-refractivity contribution in [3.8, 4) is 45.5 Å². The number of hydrogen-bond acceptors (Lipinski definition) is 4. The second-order valence-electron chi connectivity index (χ2n) is 14.4. The third kappa shape index (κ3) is 4.91. The first-order valence-corrected chi connectivity index (χ1v) is 19.9. The fourth-order valence-corrected chi connectivity index (χ4v) is 9.79. The van der Waals surface area contributed by atoms with Gasteiger partial charge in [-0.25, -0.2) is 15.0 Å². The molecule has 0 saturated heterocycles. The lowest BCUT2D eigenvalue weighted by Gasteiger charge is -2.14. The van der Waals surface area contributed by atoms with E-state index in [4.69, 9.17) is 15.0 Å². The van der Waals surface area contributed by atoms with E-state index < -0.39 is 0 Å². The monoisotopic (exact) mass is 745 g/mol. The molecule has 0 amide bonds. The van der Waals surface area contributed by atoms with Crippen molar-refractivity contribution in [1.29, 1.82) is 0 Å². The van der Waals surface area contributed by atoms with Crippen LogP contribution in [0.25, 0.3) is 109 Å². The van der Waals surface area contributed by atoms with Crippen LogP contribution in [0.15, 0.2) is 188 Å². The van der Waals surface area contributed by atoms with E-state index >= 15 is 0 Å². The fourth-order valence-electron chi connectivity index (χ4n) is 8.70. The molecule has 0 unspecified atom stereocenters.